The second-order valence-corrected chi connectivity index (χ2v) is 43.2. The summed E-state index contributed by atoms with van der Waals surface area (Å²) in [6, 6.07) is 10.0. The maximum atomic E-state index is 16.0. The zero-order valence-electron chi connectivity index (χ0n) is 77.6. The van der Waals surface area contributed by atoms with Crippen molar-refractivity contribution in [1.82, 2.24) is 60.6 Å². The van der Waals surface area contributed by atoms with Crippen LogP contribution in [0.2, 0.25) is 15.1 Å². The van der Waals surface area contributed by atoms with Gasteiger partial charge in [-0.05, 0) is 232 Å². The van der Waals surface area contributed by atoms with E-state index in [1.165, 1.54) is 33.6 Å². The van der Waals surface area contributed by atoms with E-state index in [0.717, 1.165) is 99.5 Å². The van der Waals surface area contributed by atoms with Crippen molar-refractivity contribution in [2.24, 2.45) is 87.3 Å². The van der Waals surface area contributed by atoms with E-state index in [2.05, 4.69) is 38.5 Å². The minimum atomic E-state index is -3.36. The minimum absolute atomic E-state index is 0. The summed E-state index contributed by atoms with van der Waals surface area (Å²) >= 11 is 18.7. The average molecular weight is 2010 g/mol. The molecule has 133 heavy (non-hydrogen) atoms. The third-order valence-electron chi connectivity index (χ3n) is 29.9. The second kappa shape index (κ2) is 42.2. The third kappa shape index (κ3) is 22.7. The molecule has 6 saturated carbocycles. The van der Waals surface area contributed by atoms with Crippen LogP contribution in [0.15, 0.2) is 54.6 Å². The SMILES string of the molecule is CC[C@@H]1[C@@H]2CN(C(=O)[C@H](C(C)(C)C)NC(=O)O[C@@H]3CC4CC4[C@H]3CCCCC(F)(F)c3nc4ccc(Cl)cc4nc3O2)[C@@H]1[C-]=O.CC[C@@H]1[C@@H]2CN(C(=O)[C@H](C(C)(C)C)NC(=O)O[C@@H]3CC4CC4[C@H]3CCCCCc3nc4ccc(Cl)cc4nc3O2)[C@@H]1[C-]=O.C[C@@H]1[C@@H]2CN(C(=O)[C@H](C(C)(C)C)NC(=O)O[C@@H]3CC4CC4[C@H]3CCCCCc3nc4ccc(Cl)cc4nc3O2)[C@@H]1[C-]=O.[V].[V].[V]. The fourth-order valence-electron chi connectivity index (χ4n) is 22.5. The summed E-state index contributed by atoms with van der Waals surface area (Å²) in [7, 11) is 0. The smallest absolute Gasteiger partial charge is 0.408 e. The molecule has 9 fully saturated rings. The largest absolute Gasteiger partial charge is 0.540 e. The summed E-state index contributed by atoms with van der Waals surface area (Å²) in [5, 5.41) is 10.1. The molecule has 12 aliphatic rings. The van der Waals surface area contributed by atoms with Crippen LogP contribution in [-0.4, -0.2) is 192 Å². The quantitative estimate of drug-likeness (QED) is 0.107. The Morgan fingerprint density at radius 1 is 0.406 bits per heavy atom. The molecule has 27 nitrogen and oxygen atoms in total. The van der Waals surface area contributed by atoms with Crippen LogP contribution in [0.25, 0.3) is 33.1 Å². The Balaban J connectivity index is 0.000000168. The molecule has 6 amide bonds. The second-order valence-electron chi connectivity index (χ2n) is 41.8. The molecule has 6 aliphatic carbocycles. The van der Waals surface area contributed by atoms with E-state index in [0.29, 0.717) is 129 Å². The first-order valence-corrected chi connectivity index (χ1v) is 48.3. The predicted molar refractivity (Wildman–Crippen MR) is 483 cm³/mol. The van der Waals surface area contributed by atoms with Gasteiger partial charge in [0.15, 0.2) is 5.69 Å². The molecule has 717 valence electrons. The van der Waals surface area contributed by atoms with Gasteiger partial charge in [-0.2, -0.15) is 8.78 Å². The summed E-state index contributed by atoms with van der Waals surface area (Å²) in [5.41, 5.74) is 2.27. The number of nitrogens with one attached hydrogen (secondary N) is 3. The number of aromatic nitrogens is 6. The van der Waals surface area contributed by atoms with E-state index < -0.39 is 119 Å². The fraction of sp³-hybridized carbons (Fsp3) is 0.663. The molecule has 3 saturated heterocycles. The molecular formula is C98H122Cl3F2N12O15V3-3. The van der Waals surface area contributed by atoms with Crippen LogP contribution in [0.4, 0.5) is 23.2 Å². The van der Waals surface area contributed by atoms with E-state index in [1.54, 1.807) is 36.4 Å². The minimum Gasteiger partial charge on any atom is -0.540 e. The Morgan fingerprint density at radius 3 is 1.10 bits per heavy atom. The van der Waals surface area contributed by atoms with Gasteiger partial charge in [0.1, 0.15) is 66.1 Å². The zero-order valence-corrected chi connectivity index (χ0v) is 84.1. The van der Waals surface area contributed by atoms with Gasteiger partial charge in [-0.25, -0.2) is 63.1 Å². The predicted octanol–water partition coefficient (Wildman–Crippen LogP) is 17.1. The number of aryl methyl sites for hydroxylation is 2. The Morgan fingerprint density at radius 2 is 0.737 bits per heavy atom. The molecule has 18 rings (SSSR count). The number of hydrogen-bond acceptors (Lipinski definition) is 21. The van der Waals surface area contributed by atoms with Crippen LogP contribution in [0, 0.1) is 87.3 Å². The number of amides is 6. The Labute approximate surface area is 827 Å². The van der Waals surface area contributed by atoms with E-state index in [4.69, 9.17) is 83.2 Å². The van der Waals surface area contributed by atoms with Crippen LogP contribution in [0.1, 0.15) is 229 Å². The molecule has 24 atom stereocenters. The molecule has 3 aromatic carbocycles. The number of rotatable bonds is 5. The van der Waals surface area contributed by atoms with Crippen molar-refractivity contribution in [3.63, 3.8) is 0 Å². The number of alkyl halides is 2. The number of hydrogen-bond donors (Lipinski definition) is 3. The topological polar surface area (TPSA) is 332 Å². The van der Waals surface area contributed by atoms with Crippen molar-refractivity contribution in [3.8, 4) is 17.6 Å². The van der Waals surface area contributed by atoms with Crippen LogP contribution in [-0.2, 0) is 117 Å². The van der Waals surface area contributed by atoms with Crippen LogP contribution in [0.3, 0.4) is 0 Å². The third-order valence-corrected chi connectivity index (χ3v) is 30.6. The maximum absolute atomic E-state index is 16.0. The molecule has 0 spiro atoms. The molecule has 9 heterocycles. The number of nitrogens with zero attached hydrogens (tertiary/aromatic N) is 9. The van der Waals surface area contributed by atoms with Gasteiger partial charge in [0, 0.05) is 77.2 Å². The zero-order chi connectivity index (χ0) is 92.5. The summed E-state index contributed by atoms with van der Waals surface area (Å²) < 4.78 is 69.3. The van der Waals surface area contributed by atoms with Gasteiger partial charge in [0.05, 0.1) is 52.7 Å². The van der Waals surface area contributed by atoms with Gasteiger partial charge in [0.2, 0.25) is 35.4 Å². The average Bonchev–Trinajstić information content (AvgIpc) is 1.60. The molecule has 6 bridgehead atoms. The Kier molecular flexibility index (Phi) is 32.8. The molecule has 6 unspecified atom stereocenters. The van der Waals surface area contributed by atoms with E-state index >= 15 is 8.78 Å². The summed E-state index contributed by atoms with van der Waals surface area (Å²) in [6.07, 6.45) is 19.2. The van der Waals surface area contributed by atoms with Gasteiger partial charge in [-0.3, -0.25) is 14.4 Å². The van der Waals surface area contributed by atoms with Gasteiger partial charge in [-0.1, -0.05) is 181 Å². The number of halogens is 5. The molecular weight excluding hydrogens is 1880 g/mol. The molecule has 6 aromatic rings. The number of fused-ring (bicyclic) bond motifs is 21. The van der Waals surface area contributed by atoms with Crippen molar-refractivity contribution in [2.45, 2.75) is 303 Å². The van der Waals surface area contributed by atoms with Crippen molar-refractivity contribution >= 4 is 123 Å². The van der Waals surface area contributed by atoms with Crippen LogP contribution in [0.5, 0.6) is 17.6 Å². The first-order valence-electron chi connectivity index (χ1n) is 47.1. The molecule has 35 heteroatoms. The number of benzene rings is 3. The molecule has 3 radical (unpaired) electrons. The van der Waals surface area contributed by atoms with Crippen LogP contribution < -0.4 is 30.2 Å². The molecule has 6 aliphatic heterocycles. The fourth-order valence-corrected chi connectivity index (χ4v) is 23.0. The number of carbonyl (C=O) groups excluding carboxylic acids is 9. The summed E-state index contributed by atoms with van der Waals surface area (Å²) in [5.74, 6) is -1.09. The van der Waals surface area contributed by atoms with Gasteiger partial charge >= 0.3 is 18.3 Å². The maximum Gasteiger partial charge on any atom is 0.408 e. The van der Waals surface area contributed by atoms with Crippen molar-refractivity contribution in [1.29, 1.82) is 0 Å². The summed E-state index contributed by atoms with van der Waals surface area (Å²) in [6.45, 7) is 22.8. The van der Waals surface area contributed by atoms with Gasteiger partial charge < -0.3 is 73.5 Å². The Hall–Kier alpha value is -7.21. The van der Waals surface area contributed by atoms with E-state index in [9.17, 15) is 43.2 Å². The van der Waals surface area contributed by atoms with Gasteiger partial charge in [0.25, 0.3) is 5.92 Å². The monoisotopic (exact) mass is 2000 g/mol. The number of ether oxygens (including phenoxy) is 6. The van der Waals surface area contributed by atoms with E-state index in [1.807, 2.05) is 102 Å². The Bertz CT molecular complexity index is 5290. The number of alkyl carbamates (subject to hydrolysis) is 3. The molecule has 3 aromatic heterocycles. The van der Waals surface area contributed by atoms with Crippen molar-refractivity contribution in [3.05, 3.63) is 86.7 Å². The van der Waals surface area contributed by atoms with E-state index in [-0.39, 0.29) is 141 Å². The van der Waals surface area contributed by atoms with Crippen LogP contribution >= 0.6 is 34.8 Å². The normalized spacial score (nSPS) is 32.8. The summed E-state index contributed by atoms with van der Waals surface area (Å²) in [4.78, 5) is 152. The standard InChI is InChI=1S/C33H40ClF2N4O5.C33H42ClN4O5.C32H40ClN4O5.3V/c1-5-19-24(16-41)40-15-26(19)44-29-27(37-22-10-9-18(34)14-23(22)38-29)33(35,36)11-7-6-8-20-21-12-17(21)13-25(20)45-31(43)39-28(30(40)42)32(2,3)4;1-5-20-26(17-39)38-16-28(20)42-30-24(35-23-12-11-19(34)15-25(23)36-30)10-8-6-7-9-21-22-13-18(22)14-27(21)43-32(41)37-29(31(38)40)33(2,3)4;1-17-25(16-38)37-15-27(17)41-29-23(34-22-11-10-19(33)14-24(22)35-29)9-7-5-6-8-20-21-12-18(21)13-26(20)42-31(40)36-28(30(37)39)32(2,3)4;;;/h9-10,14,17,19-21,24-26,28H,5-8,11-13,15H2,1-4H3,(H,39,43);11-12,15,18,20-22,26-29H,5-10,13-14,16H2,1-4H3,(H,37,41);10-11,14,17-18,20-21,25-28H,5-9,12-13,15H2,1-4H3,(H,36,40);;;/q3*-1;;;/t17?,19-,20+,21?,24+,25+,26-,28+;18?,20-,21+,22?,26+,27+,28-,29+;17-,18?,20+,21?,25+,26+,27-,28+;;;/m000.../s1. The number of carbonyl (C=O) groups is 6. The van der Waals surface area contributed by atoms with Crippen molar-refractivity contribution < 1.29 is 136 Å². The van der Waals surface area contributed by atoms with Gasteiger partial charge in [-0.15, -0.1) is 0 Å². The van der Waals surface area contributed by atoms with Crippen molar-refractivity contribution in [2.75, 3.05) is 19.6 Å². The first kappa shape index (κ1) is 103. The molecule has 3 N–H and O–H groups in total. The first-order chi connectivity index (χ1) is 61.9.